The monoisotopic (exact) mass is 444 g/mol. The smallest absolute Gasteiger partial charge is 0.323 e. The minimum atomic E-state index is -0.495. The Balaban J connectivity index is 1.47. The molecular formula is C22H25ClN4O4. The number of aromatic nitrogens is 1. The molecule has 2 aliphatic heterocycles. The van der Waals surface area contributed by atoms with Gasteiger partial charge in [-0.2, -0.15) is 0 Å². The summed E-state index contributed by atoms with van der Waals surface area (Å²) in [5.74, 6) is 0.418. The first-order chi connectivity index (χ1) is 14.9. The maximum absolute atomic E-state index is 13.0. The number of methoxy groups -OCH3 is 1. The summed E-state index contributed by atoms with van der Waals surface area (Å²) in [5.41, 5.74) is 1.49. The van der Waals surface area contributed by atoms with Crippen molar-refractivity contribution in [1.29, 1.82) is 0 Å². The number of hydrogen-bond acceptors (Lipinski definition) is 4. The highest BCUT2D eigenvalue weighted by molar-refractivity contribution is 6.30. The molecule has 0 saturated carbocycles. The van der Waals surface area contributed by atoms with E-state index in [4.69, 9.17) is 16.3 Å². The number of rotatable bonds is 5. The van der Waals surface area contributed by atoms with E-state index in [1.54, 1.807) is 42.0 Å². The van der Waals surface area contributed by atoms with Crippen LogP contribution in [0.4, 0.5) is 16.2 Å². The van der Waals surface area contributed by atoms with E-state index in [9.17, 15) is 14.4 Å². The molecule has 164 valence electrons. The number of nitrogens with zero attached hydrogens (tertiary/aromatic N) is 2. The number of nitrogens with one attached hydrogen (secondary N) is 2. The van der Waals surface area contributed by atoms with E-state index >= 15 is 0 Å². The molecule has 4 rings (SSSR count). The van der Waals surface area contributed by atoms with Crippen molar-refractivity contribution >= 4 is 34.9 Å². The van der Waals surface area contributed by atoms with Gasteiger partial charge < -0.3 is 24.8 Å². The van der Waals surface area contributed by atoms with Crippen molar-refractivity contribution in [3.63, 3.8) is 0 Å². The standard InChI is InChI=1S/C22H25ClN4O4/c1-31-9-8-20(28)26-11-14-10-15(13-26)19-7-6-18(21(29)27(19)12-14)25-22(30)24-17-4-2-16(23)3-5-17/h2-7,14-15H,8-13H2,1H3,(H2,24,25,30)/t14-,15-/m1/s1. The molecule has 2 aliphatic rings. The van der Waals surface area contributed by atoms with Crippen molar-refractivity contribution in [2.45, 2.75) is 25.3 Å². The van der Waals surface area contributed by atoms with Gasteiger partial charge >= 0.3 is 6.03 Å². The number of urea groups is 1. The van der Waals surface area contributed by atoms with Gasteiger partial charge in [-0.1, -0.05) is 11.6 Å². The number of carbonyl (C=O) groups excluding carboxylic acids is 2. The van der Waals surface area contributed by atoms with Crippen LogP contribution < -0.4 is 16.2 Å². The summed E-state index contributed by atoms with van der Waals surface area (Å²) < 4.78 is 6.76. The van der Waals surface area contributed by atoms with Crippen LogP contribution in [0.3, 0.4) is 0 Å². The van der Waals surface area contributed by atoms with Crippen LogP contribution in [0, 0.1) is 5.92 Å². The molecule has 3 heterocycles. The highest BCUT2D eigenvalue weighted by atomic mass is 35.5. The summed E-state index contributed by atoms with van der Waals surface area (Å²) in [7, 11) is 1.59. The number of amides is 3. The number of pyridine rings is 1. The van der Waals surface area contributed by atoms with Crippen LogP contribution in [-0.4, -0.2) is 48.2 Å². The highest BCUT2D eigenvalue weighted by Gasteiger charge is 2.36. The average molecular weight is 445 g/mol. The zero-order chi connectivity index (χ0) is 22.0. The van der Waals surface area contributed by atoms with Crippen LogP contribution in [0.15, 0.2) is 41.2 Å². The molecule has 2 atom stereocenters. The van der Waals surface area contributed by atoms with Crippen molar-refractivity contribution in [3.05, 3.63) is 57.5 Å². The first-order valence-electron chi connectivity index (χ1n) is 10.3. The fourth-order valence-electron chi connectivity index (χ4n) is 4.41. The maximum atomic E-state index is 13.0. The number of ether oxygens (including phenoxy) is 1. The molecule has 2 N–H and O–H groups in total. The molecule has 2 aromatic rings. The zero-order valence-corrected chi connectivity index (χ0v) is 18.0. The van der Waals surface area contributed by atoms with E-state index in [2.05, 4.69) is 10.6 Å². The molecule has 8 nitrogen and oxygen atoms in total. The highest BCUT2D eigenvalue weighted by Crippen LogP contribution is 2.35. The zero-order valence-electron chi connectivity index (χ0n) is 17.3. The van der Waals surface area contributed by atoms with Crippen molar-refractivity contribution in [2.75, 3.05) is 37.4 Å². The van der Waals surface area contributed by atoms with Crippen LogP contribution in [0.25, 0.3) is 0 Å². The molecule has 0 spiro atoms. The Bertz CT molecular complexity index is 1040. The number of hydrogen-bond donors (Lipinski definition) is 2. The number of piperidine rings is 1. The normalized spacial score (nSPS) is 19.5. The average Bonchev–Trinajstić information content (AvgIpc) is 2.76. The lowest BCUT2D eigenvalue weighted by Gasteiger charge is -2.43. The molecule has 0 unspecified atom stereocenters. The molecule has 0 aliphatic carbocycles. The molecule has 1 aromatic heterocycles. The summed E-state index contributed by atoms with van der Waals surface area (Å²) in [6.45, 7) is 2.18. The molecule has 9 heteroatoms. The SMILES string of the molecule is COCCC(=O)N1C[C@H]2C[C@H](C1)c1ccc(NC(=O)Nc3ccc(Cl)cc3)c(=O)n1C2. The van der Waals surface area contributed by atoms with E-state index in [-0.39, 0.29) is 29.0 Å². The second-order valence-corrected chi connectivity index (χ2v) is 8.45. The van der Waals surface area contributed by atoms with Gasteiger partial charge in [0.2, 0.25) is 5.91 Å². The predicted octanol–water partition coefficient (Wildman–Crippen LogP) is 3.13. The van der Waals surface area contributed by atoms with Gasteiger partial charge in [-0.3, -0.25) is 9.59 Å². The van der Waals surface area contributed by atoms with Crippen molar-refractivity contribution in [2.24, 2.45) is 5.92 Å². The topological polar surface area (TPSA) is 92.7 Å². The Morgan fingerprint density at radius 2 is 1.87 bits per heavy atom. The lowest BCUT2D eigenvalue weighted by molar-refractivity contribution is -0.134. The van der Waals surface area contributed by atoms with Crippen LogP contribution in [0.5, 0.6) is 0 Å². The minimum absolute atomic E-state index is 0.0875. The molecule has 1 saturated heterocycles. The number of anilines is 2. The maximum Gasteiger partial charge on any atom is 0.323 e. The molecule has 31 heavy (non-hydrogen) atoms. The largest absolute Gasteiger partial charge is 0.384 e. The van der Waals surface area contributed by atoms with E-state index in [1.165, 1.54) is 0 Å². The Kier molecular flexibility index (Phi) is 6.29. The van der Waals surface area contributed by atoms with E-state index in [0.717, 1.165) is 12.1 Å². The van der Waals surface area contributed by atoms with Gasteiger partial charge in [0.15, 0.2) is 0 Å². The minimum Gasteiger partial charge on any atom is -0.384 e. The number of halogens is 1. The molecule has 1 fully saturated rings. The third kappa shape index (κ3) is 4.75. The summed E-state index contributed by atoms with van der Waals surface area (Å²) >= 11 is 5.86. The third-order valence-corrected chi connectivity index (χ3v) is 6.08. The number of fused-ring (bicyclic) bond motifs is 4. The first-order valence-corrected chi connectivity index (χ1v) is 10.7. The van der Waals surface area contributed by atoms with E-state index in [0.29, 0.717) is 43.4 Å². The lowest BCUT2D eigenvalue weighted by atomic mass is 9.83. The third-order valence-electron chi connectivity index (χ3n) is 5.83. The van der Waals surface area contributed by atoms with Crippen LogP contribution in [-0.2, 0) is 16.1 Å². The number of likely N-dealkylation sites (tertiary alicyclic amines) is 1. The summed E-state index contributed by atoms with van der Waals surface area (Å²) in [5, 5.41) is 5.91. The van der Waals surface area contributed by atoms with Gasteiger partial charge in [0.25, 0.3) is 5.56 Å². The predicted molar refractivity (Wildman–Crippen MR) is 119 cm³/mol. The molecule has 3 amide bonds. The number of carbonyl (C=O) groups is 2. The van der Waals surface area contributed by atoms with Gasteiger partial charge in [0, 0.05) is 49.1 Å². The summed E-state index contributed by atoms with van der Waals surface area (Å²) in [6.07, 6.45) is 1.33. The first kappa shape index (κ1) is 21.4. The van der Waals surface area contributed by atoms with Gasteiger partial charge in [-0.15, -0.1) is 0 Å². The second kappa shape index (κ2) is 9.11. The van der Waals surface area contributed by atoms with Crippen LogP contribution in [0.1, 0.15) is 24.5 Å². The Hall–Kier alpha value is -2.84. The second-order valence-electron chi connectivity index (χ2n) is 8.01. The number of benzene rings is 1. The molecule has 0 radical (unpaired) electrons. The van der Waals surface area contributed by atoms with E-state index < -0.39 is 6.03 Å². The van der Waals surface area contributed by atoms with Crippen molar-refractivity contribution < 1.29 is 14.3 Å². The Labute approximate surface area is 185 Å². The Morgan fingerprint density at radius 3 is 2.61 bits per heavy atom. The molecule has 2 bridgehead atoms. The van der Waals surface area contributed by atoms with E-state index in [1.807, 2.05) is 11.0 Å². The van der Waals surface area contributed by atoms with Crippen molar-refractivity contribution in [3.8, 4) is 0 Å². The van der Waals surface area contributed by atoms with Crippen LogP contribution >= 0.6 is 11.6 Å². The van der Waals surface area contributed by atoms with Crippen LogP contribution in [0.2, 0.25) is 5.02 Å². The van der Waals surface area contributed by atoms with Gasteiger partial charge in [-0.05, 0) is 48.7 Å². The molecule has 1 aromatic carbocycles. The quantitative estimate of drug-likeness (QED) is 0.741. The fraction of sp³-hybridized carbons (Fsp3) is 0.409. The summed E-state index contributed by atoms with van der Waals surface area (Å²) in [6, 6.07) is 9.74. The van der Waals surface area contributed by atoms with Gasteiger partial charge in [-0.25, -0.2) is 4.79 Å². The van der Waals surface area contributed by atoms with Gasteiger partial charge in [0.05, 0.1) is 13.0 Å². The Morgan fingerprint density at radius 1 is 1.10 bits per heavy atom. The molecular weight excluding hydrogens is 420 g/mol. The lowest BCUT2D eigenvalue weighted by Crippen LogP contribution is -2.49. The summed E-state index contributed by atoms with van der Waals surface area (Å²) in [4.78, 5) is 39.7. The van der Waals surface area contributed by atoms with Gasteiger partial charge in [0.1, 0.15) is 5.69 Å². The fourth-order valence-corrected chi connectivity index (χ4v) is 4.54. The van der Waals surface area contributed by atoms with Crippen molar-refractivity contribution in [1.82, 2.24) is 9.47 Å².